The molecule has 0 spiro atoms. The van der Waals surface area contributed by atoms with Gasteiger partial charge in [0.05, 0.1) is 11.6 Å². The number of carbonyl (C=O) groups is 1. The average Bonchev–Trinajstić information content (AvgIpc) is 3.19. The van der Waals surface area contributed by atoms with Crippen LogP contribution in [-0.2, 0) is 0 Å². The highest BCUT2D eigenvalue weighted by Crippen LogP contribution is 2.33. The maximum absolute atomic E-state index is 11.0. The van der Waals surface area contributed by atoms with Gasteiger partial charge >= 0.3 is 5.97 Å². The predicted octanol–water partition coefficient (Wildman–Crippen LogP) is 3.52. The van der Waals surface area contributed by atoms with E-state index in [0.29, 0.717) is 29.0 Å². The number of carboxylic acid groups (broad SMARTS) is 1. The van der Waals surface area contributed by atoms with Crippen LogP contribution in [0, 0.1) is 5.92 Å². The van der Waals surface area contributed by atoms with Gasteiger partial charge in [-0.1, -0.05) is 34.8 Å². The summed E-state index contributed by atoms with van der Waals surface area (Å²) in [5.74, 6) is 0.145. The standard InChI is InChI=1S/C15H16ClN3O4/c16-11-6-5-10(23-14-13(15(20)21)17-19-18-14)7-12(11)22-8-9-3-1-2-4-9/h5-7,9H,1-4,8H2,(H,20,21)(H,17,18,19). The first kappa shape index (κ1) is 15.6. The van der Waals surface area contributed by atoms with Gasteiger partial charge in [0.2, 0.25) is 5.69 Å². The Bertz CT molecular complexity index is 698. The van der Waals surface area contributed by atoms with Gasteiger partial charge in [0.25, 0.3) is 5.88 Å². The summed E-state index contributed by atoms with van der Waals surface area (Å²) in [6.45, 7) is 0.619. The molecular formula is C15H16ClN3O4. The number of rotatable bonds is 6. The minimum atomic E-state index is -1.20. The summed E-state index contributed by atoms with van der Waals surface area (Å²) in [6.07, 6.45) is 4.84. The van der Waals surface area contributed by atoms with Crippen LogP contribution in [0.4, 0.5) is 0 Å². The maximum Gasteiger partial charge on any atom is 0.359 e. The minimum Gasteiger partial charge on any atom is -0.492 e. The summed E-state index contributed by atoms with van der Waals surface area (Å²) in [7, 11) is 0. The van der Waals surface area contributed by atoms with Crippen LogP contribution in [0.5, 0.6) is 17.4 Å². The zero-order chi connectivity index (χ0) is 16.2. The van der Waals surface area contributed by atoms with Crippen LogP contribution in [0.1, 0.15) is 36.2 Å². The van der Waals surface area contributed by atoms with E-state index < -0.39 is 5.97 Å². The van der Waals surface area contributed by atoms with Crippen LogP contribution in [-0.4, -0.2) is 33.1 Å². The second-order valence-electron chi connectivity index (χ2n) is 5.45. The second kappa shape index (κ2) is 6.87. The third-order valence-electron chi connectivity index (χ3n) is 3.80. The van der Waals surface area contributed by atoms with Crippen LogP contribution in [0.25, 0.3) is 0 Å². The van der Waals surface area contributed by atoms with Crippen LogP contribution in [0.3, 0.4) is 0 Å². The molecule has 23 heavy (non-hydrogen) atoms. The molecule has 1 aromatic heterocycles. The SMILES string of the molecule is O=C(O)c1[nH]nnc1Oc1ccc(Cl)c(OCC2CCCC2)c1. The van der Waals surface area contributed by atoms with E-state index in [1.807, 2.05) is 0 Å². The maximum atomic E-state index is 11.0. The minimum absolute atomic E-state index is 0.110. The number of ether oxygens (including phenoxy) is 2. The molecule has 122 valence electrons. The van der Waals surface area contributed by atoms with Gasteiger partial charge in [-0.2, -0.15) is 0 Å². The lowest BCUT2D eigenvalue weighted by molar-refractivity contribution is 0.0687. The third kappa shape index (κ3) is 3.73. The number of benzene rings is 1. The van der Waals surface area contributed by atoms with Crippen LogP contribution < -0.4 is 9.47 Å². The van der Waals surface area contributed by atoms with E-state index in [1.165, 1.54) is 25.7 Å². The number of H-pyrrole nitrogens is 1. The zero-order valence-electron chi connectivity index (χ0n) is 12.3. The molecule has 0 saturated heterocycles. The first-order valence-electron chi connectivity index (χ1n) is 7.38. The summed E-state index contributed by atoms with van der Waals surface area (Å²) in [6, 6.07) is 4.88. The van der Waals surface area contributed by atoms with Crippen LogP contribution in [0.15, 0.2) is 18.2 Å². The molecule has 1 aromatic carbocycles. The van der Waals surface area contributed by atoms with Gasteiger partial charge in [0, 0.05) is 6.07 Å². The topological polar surface area (TPSA) is 97.3 Å². The fourth-order valence-corrected chi connectivity index (χ4v) is 2.76. The lowest BCUT2D eigenvalue weighted by atomic mass is 10.1. The predicted molar refractivity (Wildman–Crippen MR) is 82.3 cm³/mol. The van der Waals surface area contributed by atoms with E-state index >= 15 is 0 Å². The molecule has 8 heteroatoms. The normalized spacial score (nSPS) is 14.8. The Hall–Kier alpha value is -2.28. The Balaban J connectivity index is 1.71. The molecule has 2 aromatic rings. The Labute approximate surface area is 137 Å². The van der Waals surface area contributed by atoms with Crippen LogP contribution >= 0.6 is 11.6 Å². The summed E-state index contributed by atoms with van der Waals surface area (Å²) in [5.41, 5.74) is -0.214. The van der Waals surface area contributed by atoms with Gasteiger partial charge in [0.15, 0.2) is 0 Å². The molecule has 0 radical (unpaired) electrons. The molecule has 0 bridgehead atoms. The monoisotopic (exact) mass is 337 g/mol. The summed E-state index contributed by atoms with van der Waals surface area (Å²) >= 11 is 6.14. The molecule has 1 heterocycles. The number of nitrogens with one attached hydrogen (secondary N) is 1. The summed E-state index contributed by atoms with van der Waals surface area (Å²) in [5, 5.41) is 18.8. The molecule has 1 aliphatic rings. The lowest BCUT2D eigenvalue weighted by Gasteiger charge is -2.13. The number of nitrogens with zero attached hydrogens (tertiary/aromatic N) is 2. The highest BCUT2D eigenvalue weighted by Gasteiger charge is 2.18. The van der Waals surface area contributed by atoms with Gasteiger partial charge < -0.3 is 14.6 Å². The van der Waals surface area contributed by atoms with Crippen molar-refractivity contribution in [3.63, 3.8) is 0 Å². The van der Waals surface area contributed by atoms with Crippen molar-refractivity contribution in [2.45, 2.75) is 25.7 Å². The van der Waals surface area contributed by atoms with Crippen molar-refractivity contribution in [1.29, 1.82) is 0 Å². The molecule has 7 nitrogen and oxygen atoms in total. The van der Waals surface area contributed by atoms with Gasteiger partial charge in [-0.15, -0.1) is 0 Å². The molecule has 2 N–H and O–H groups in total. The Morgan fingerprint density at radius 1 is 1.39 bits per heavy atom. The first-order valence-corrected chi connectivity index (χ1v) is 7.76. The molecule has 1 fully saturated rings. The van der Waals surface area contributed by atoms with Crippen LogP contribution in [0.2, 0.25) is 5.02 Å². The van der Waals surface area contributed by atoms with Gasteiger partial charge in [-0.3, -0.25) is 0 Å². The molecule has 3 rings (SSSR count). The van der Waals surface area contributed by atoms with E-state index in [4.69, 9.17) is 26.2 Å². The second-order valence-corrected chi connectivity index (χ2v) is 5.86. The van der Waals surface area contributed by atoms with E-state index in [1.54, 1.807) is 18.2 Å². The molecule has 1 saturated carbocycles. The van der Waals surface area contributed by atoms with Gasteiger partial charge in [-0.25, -0.2) is 9.89 Å². The zero-order valence-corrected chi connectivity index (χ0v) is 13.0. The molecule has 0 aliphatic heterocycles. The first-order chi connectivity index (χ1) is 11.1. The van der Waals surface area contributed by atoms with Crippen molar-refractivity contribution in [3.05, 3.63) is 28.9 Å². The van der Waals surface area contributed by atoms with Crippen molar-refractivity contribution in [2.24, 2.45) is 5.92 Å². The molecular weight excluding hydrogens is 322 g/mol. The van der Waals surface area contributed by atoms with Gasteiger partial charge in [0.1, 0.15) is 11.5 Å². The summed E-state index contributed by atoms with van der Waals surface area (Å²) < 4.78 is 11.2. The average molecular weight is 338 g/mol. The molecule has 0 amide bonds. The Kier molecular flexibility index (Phi) is 4.66. The fourth-order valence-electron chi connectivity index (χ4n) is 2.58. The van der Waals surface area contributed by atoms with Crippen molar-refractivity contribution < 1.29 is 19.4 Å². The number of aromatic nitrogens is 3. The molecule has 0 unspecified atom stereocenters. The summed E-state index contributed by atoms with van der Waals surface area (Å²) in [4.78, 5) is 11.0. The number of hydrogen-bond acceptors (Lipinski definition) is 5. The van der Waals surface area contributed by atoms with E-state index in [0.717, 1.165) is 0 Å². The van der Waals surface area contributed by atoms with Gasteiger partial charge in [-0.05, 0) is 30.9 Å². The fraction of sp³-hybridized carbons (Fsp3) is 0.400. The Morgan fingerprint density at radius 3 is 2.91 bits per heavy atom. The smallest absolute Gasteiger partial charge is 0.359 e. The number of halogens is 1. The molecule has 1 aliphatic carbocycles. The Morgan fingerprint density at radius 2 is 2.17 bits per heavy atom. The number of hydrogen-bond donors (Lipinski definition) is 2. The van der Waals surface area contributed by atoms with Crippen molar-refractivity contribution >= 4 is 17.6 Å². The molecule has 0 atom stereocenters. The highest BCUT2D eigenvalue weighted by atomic mass is 35.5. The lowest BCUT2D eigenvalue weighted by Crippen LogP contribution is -2.08. The van der Waals surface area contributed by atoms with Crippen molar-refractivity contribution in [1.82, 2.24) is 15.4 Å². The van der Waals surface area contributed by atoms with Crippen molar-refractivity contribution in [2.75, 3.05) is 6.61 Å². The van der Waals surface area contributed by atoms with Crippen molar-refractivity contribution in [3.8, 4) is 17.4 Å². The van der Waals surface area contributed by atoms with E-state index in [-0.39, 0.29) is 11.6 Å². The largest absolute Gasteiger partial charge is 0.492 e. The number of aromatic carboxylic acids is 1. The third-order valence-corrected chi connectivity index (χ3v) is 4.11. The number of aromatic amines is 1. The van der Waals surface area contributed by atoms with E-state index in [2.05, 4.69) is 15.4 Å². The number of carboxylic acids is 1. The quantitative estimate of drug-likeness (QED) is 0.837. The van der Waals surface area contributed by atoms with E-state index in [9.17, 15) is 4.79 Å². The highest BCUT2D eigenvalue weighted by molar-refractivity contribution is 6.32.